The van der Waals surface area contributed by atoms with Gasteiger partial charge >= 0.3 is 0 Å². The number of anilines is 4. The maximum atomic E-state index is 15.7. The molecule has 0 aromatic carbocycles. The Bertz CT molecular complexity index is 1200. The molecule has 3 fully saturated rings. The van der Waals surface area contributed by atoms with Gasteiger partial charge < -0.3 is 26.0 Å². The van der Waals surface area contributed by atoms with E-state index in [1.165, 1.54) is 23.9 Å². The molecule has 3 aliphatic heterocycles. The molecule has 10 nitrogen and oxygen atoms in total. The maximum Gasteiger partial charge on any atom is 0.263 e. The van der Waals surface area contributed by atoms with Crippen molar-refractivity contribution in [3.63, 3.8) is 0 Å². The Labute approximate surface area is 235 Å². The van der Waals surface area contributed by atoms with Crippen LogP contribution in [0.25, 0.3) is 0 Å². The topological polar surface area (TPSA) is 114 Å². The number of carbonyl (C=O) groups is 1. The molecule has 2 saturated heterocycles. The number of alkyl halides is 1. The molecule has 218 valence electrons. The maximum absolute atomic E-state index is 15.7. The Hall–Kier alpha value is -2.92. The molecule has 2 aromatic heterocycles. The number of piperazine rings is 1. The number of nitrogens with two attached hydrogens (primary N) is 1. The Balaban J connectivity index is 1.20. The number of nitrogen functional groups attached to an aromatic ring is 1. The summed E-state index contributed by atoms with van der Waals surface area (Å²) in [5, 5.41) is 10.9. The number of aromatic nitrogens is 3. The van der Waals surface area contributed by atoms with Crippen molar-refractivity contribution in [2.24, 2.45) is 0 Å². The molecule has 1 spiro atoms. The predicted molar refractivity (Wildman–Crippen MR) is 155 cm³/mol. The molecule has 11 heteroatoms. The molecule has 5 heterocycles. The van der Waals surface area contributed by atoms with Crippen molar-refractivity contribution in [3.8, 4) is 0 Å². The Morgan fingerprint density at radius 1 is 1.10 bits per heavy atom. The SMILES string of the molecule is CC1(N2CCN(c3ccncc3NC(=O)c3c(N)nn4c3NC3(CCCCCCCCC3)C(F)C4)CC2)COC1. The number of hydrogen-bond donors (Lipinski definition) is 3. The van der Waals surface area contributed by atoms with Gasteiger partial charge in [-0.25, -0.2) is 9.07 Å². The summed E-state index contributed by atoms with van der Waals surface area (Å²) in [5.41, 5.74) is 7.56. The monoisotopic (exact) mass is 554 g/mol. The Morgan fingerprint density at radius 3 is 2.42 bits per heavy atom. The van der Waals surface area contributed by atoms with E-state index in [1.807, 2.05) is 6.07 Å². The highest BCUT2D eigenvalue weighted by Gasteiger charge is 2.45. The van der Waals surface area contributed by atoms with E-state index in [0.29, 0.717) is 11.5 Å². The van der Waals surface area contributed by atoms with Crippen LogP contribution in [0.5, 0.6) is 0 Å². The average molecular weight is 555 g/mol. The number of hydrogen-bond acceptors (Lipinski definition) is 8. The molecule has 0 bridgehead atoms. The normalized spacial score (nSPS) is 24.9. The van der Waals surface area contributed by atoms with Crippen LogP contribution in [0, 0.1) is 0 Å². The second kappa shape index (κ2) is 11.2. The molecular weight excluding hydrogens is 511 g/mol. The summed E-state index contributed by atoms with van der Waals surface area (Å²) in [6.07, 6.45) is 11.6. The lowest BCUT2D eigenvalue weighted by molar-refractivity contribution is -0.131. The number of nitrogens with one attached hydrogen (secondary N) is 2. The van der Waals surface area contributed by atoms with Crippen molar-refractivity contribution < 1.29 is 13.9 Å². The third-order valence-electron chi connectivity index (χ3n) is 9.51. The highest BCUT2D eigenvalue weighted by Crippen LogP contribution is 2.40. The van der Waals surface area contributed by atoms with Gasteiger partial charge in [-0.15, -0.1) is 0 Å². The number of halogens is 1. The lowest BCUT2D eigenvalue weighted by atomic mass is 9.80. The largest absolute Gasteiger partial charge is 0.381 e. The molecule has 4 aliphatic rings. The van der Waals surface area contributed by atoms with E-state index in [0.717, 1.165) is 83.6 Å². The first kappa shape index (κ1) is 27.3. The van der Waals surface area contributed by atoms with Gasteiger partial charge in [0.05, 0.1) is 48.4 Å². The molecule has 40 heavy (non-hydrogen) atoms. The first-order chi connectivity index (χ1) is 19.4. The van der Waals surface area contributed by atoms with E-state index < -0.39 is 11.7 Å². The minimum atomic E-state index is -1.09. The van der Waals surface area contributed by atoms with Crippen molar-refractivity contribution in [1.29, 1.82) is 0 Å². The van der Waals surface area contributed by atoms with Crippen LogP contribution in [-0.2, 0) is 11.3 Å². The van der Waals surface area contributed by atoms with Gasteiger partial charge in [0.2, 0.25) is 0 Å². The summed E-state index contributed by atoms with van der Waals surface area (Å²) in [5.74, 6) is 0.278. The second-order valence-electron chi connectivity index (χ2n) is 12.3. The van der Waals surface area contributed by atoms with Gasteiger partial charge in [0, 0.05) is 32.4 Å². The van der Waals surface area contributed by atoms with Crippen molar-refractivity contribution >= 4 is 28.9 Å². The summed E-state index contributed by atoms with van der Waals surface area (Å²) in [6.45, 7) is 7.45. The van der Waals surface area contributed by atoms with Gasteiger partial charge in [-0.1, -0.05) is 44.9 Å². The molecule has 1 unspecified atom stereocenters. The first-order valence-corrected chi connectivity index (χ1v) is 15.0. The number of carbonyl (C=O) groups excluding carboxylic acids is 1. The molecule has 1 saturated carbocycles. The number of fused-ring (bicyclic) bond motifs is 1. The molecule has 0 radical (unpaired) electrons. The molecule has 1 aliphatic carbocycles. The zero-order valence-corrected chi connectivity index (χ0v) is 23.6. The van der Waals surface area contributed by atoms with Gasteiger partial charge in [0.25, 0.3) is 5.91 Å². The summed E-state index contributed by atoms with van der Waals surface area (Å²) < 4.78 is 22.7. The zero-order chi connectivity index (χ0) is 27.7. The van der Waals surface area contributed by atoms with Gasteiger partial charge in [-0.05, 0) is 25.8 Å². The molecule has 6 rings (SSSR count). The van der Waals surface area contributed by atoms with Gasteiger partial charge in [-0.3, -0.25) is 14.7 Å². The van der Waals surface area contributed by atoms with E-state index in [9.17, 15) is 4.79 Å². The minimum absolute atomic E-state index is 0.103. The fourth-order valence-electron chi connectivity index (χ4n) is 6.94. The number of pyridine rings is 1. The third kappa shape index (κ3) is 5.13. The van der Waals surface area contributed by atoms with Crippen LogP contribution >= 0.6 is 0 Å². The first-order valence-electron chi connectivity index (χ1n) is 15.0. The van der Waals surface area contributed by atoms with Crippen LogP contribution in [0.15, 0.2) is 18.5 Å². The second-order valence-corrected chi connectivity index (χ2v) is 12.3. The minimum Gasteiger partial charge on any atom is -0.381 e. The lowest BCUT2D eigenvalue weighted by Crippen LogP contribution is -2.64. The number of nitrogens with zero attached hydrogens (tertiary/aromatic N) is 5. The van der Waals surface area contributed by atoms with E-state index in [1.54, 1.807) is 12.4 Å². The lowest BCUT2D eigenvalue weighted by Gasteiger charge is -2.50. The van der Waals surface area contributed by atoms with E-state index >= 15 is 4.39 Å². The molecular formula is C29H43FN8O2. The summed E-state index contributed by atoms with van der Waals surface area (Å²) in [6, 6.07) is 1.94. The number of ether oxygens (including phenoxy) is 1. The quantitative estimate of drug-likeness (QED) is 0.519. The smallest absolute Gasteiger partial charge is 0.263 e. The van der Waals surface area contributed by atoms with Crippen LogP contribution in [-0.4, -0.2) is 82.2 Å². The highest BCUT2D eigenvalue weighted by molar-refractivity contribution is 6.12. The highest BCUT2D eigenvalue weighted by atomic mass is 19.1. The van der Waals surface area contributed by atoms with E-state index in [-0.39, 0.29) is 29.4 Å². The predicted octanol–water partition coefficient (Wildman–Crippen LogP) is 4.05. The molecule has 4 N–H and O–H groups in total. The van der Waals surface area contributed by atoms with Crippen LogP contribution < -0.4 is 21.3 Å². The van der Waals surface area contributed by atoms with Crippen LogP contribution in [0.1, 0.15) is 75.1 Å². The Kier molecular flexibility index (Phi) is 7.60. The summed E-state index contributed by atoms with van der Waals surface area (Å²) >= 11 is 0. The van der Waals surface area contributed by atoms with Gasteiger partial charge in [-0.2, -0.15) is 5.10 Å². The zero-order valence-electron chi connectivity index (χ0n) is 23.6. The summed E-state index contributed by atoms with van der Waals surface area (Å²) in [4.78, 5) is 22.8. The van der Waals surface area contributed by atoms with E-state index in [4.69, 9.17) is 10.5 Å². The fraction of sp³-hybridized carbons (Fsp3) is 0.690. The van der Waals surface area contributed by atoms with Gasteiger partial charge in [0.15, 0.2) is 5.82 Å². The average Bonchev–Trinajstić information content (AvgIpc) is 3.25. The van der Waals surface area contributed by atoms with Crippen molar-refractivity contribution in [2.75, 3.05) is 60.7 Å². The third-order valence-corrected chi connectivity index (χ3v) is 9.51. The fourth-order valence-corrected chi connectivity index (χ4v) is 6.94. The van der Waals surface area contributed by atoms with E-state index in [2.05, 4.69) is 37.4 Å². The summed E-state index contributed by atoms with van der Waals surface area (Å²) in [7, 11) is 0. The van der Waals surface area contributed by atoms with Crippen LogP contribution in [0.2, 0.25) is 0 Å². The number of rotatable bonds is 4. The van der Waals surface area contributed by atoms with Crippen LogP contribution in [0.3, 0.4) is 0 Å². The number of amides is 1. The van der Waals surface area contributed by atoms with Crippen molar-refractivity contribution in [1.82, 2.24) is 19.7 Å². The molecule has 1 atom stereocenters. The van der Waals surface area contributed by atoms with Crippen molar-refractivity contribution in [2.45, 2.75) is 88.5 Å². The van der Waals surface area contributed by atoms with Gasteiger partial charge in [0.1, 0.15) is 17.6 Å². The Morgan fingerprint density at radius 2 is 1.77 bits per heavy atom. The molecule has 2 aromatic rings. The standard InChI is InChI=1S/C29H43FN8O2/c1-28(19-40-20-28)37-15-13-36(14-16-37)22-9-12-32-17-21(22)33-27(39)24-25(31)35-38-18-23(30)29(34-26(24)38)10-7-5-3-2-4-6-8-11-29/h9,12,17,23,34H,2-8,10-11,13-16,18-20H2,1H3,(H2,31,35)(H,33,39). The van der Waals surface area contributed by atoms with Crippen LogP contribution in [0.4, 0.5) is 27.4 Å². The van der Waals surface area contributed by atoms with Crippen molar-refractivity contribution in [3.05, 3.63) is 24.0 Å². The molecule has 1 amide bonds.